The fourth-order valence-corrected chi connectivity index (χ4v) is 0.159. The highest BCUT2D eigenvalue weighted by Gasteiger charge is 1.95. The summed E-state index contributed by atoms with van der Waals surface area (Å²) in [6.45, 7) is 0. The van der Waals surface area contributed by atoms with Crippen LogP contribution in [-0.4, -0.2) is 14.2 Å². The summed E-state index contributed by atoms with van der Waals surface area (Å²) < 4.78 is 0. The number of rotatable bonds is 3. The zero-order chi connectivity index (χ0) is 6.57. The number of hydroxylamine groups is 2. The average Bonchev–Trinajstić information content (AvgIpc) is 1.65. The number of hydrogen-bond donors (Lipinski definition) is 2. The third-order valence-corrected chi connectivity index (χ3v) is 0.394. The second kappa shape index (κ2) is 3.72. The highest BCUT2D eigenvalue weighted by atomic mass is 17.2. The van der Waals surface area contributed by atoms with Crippen molar-refractivity contribution in [3.63, 3.8) is 0 Å². The van der Waals surface area contributed by atoms with Crippen LogP contribution >= 0.6 is 0 Å². The lowest BCUT2D eigenvalue weighted by Crippen LogP contribution is -3.23. The van der Waals surface area contributed by atoms with Crippen molar-refractivity contribution in [1.82, 2.24) is 0 Å². The van der Waals surface area contributed by atoms with Gasteiger partial charge in [0, 0.05) is 4.94 Å². The maximum absolute atomic E-state index is 9.96. The molecule has 0 fully saturated rings. The summed E-state index contributed by atoms with van der Waals surface area (Å²) in [7, 11) is 2.25. The van der Waals surface area contributed by atoms with Crippen LogP contribution in [0.25, 0.3) is 0 Å². The fraction of sp³-hybridized carbons (Fsp3) is 1.00. The van der Waals surface area contributed by atoms with Crippen LogP contribution in [0.15, 0.2) is 0 Å². The summed E-state index contributed by atoms with van der Waals surface area (Å²) in [6, 6.07) is 0. The number of quaternary nitrogens is 2. The van der Waals surface area contributed by atoms with Crippen molar-refractivity contribution >= 4 is 0 Å². The zero-order valence-corrected chi connectivity index (χ0v) is 4.63. The molecule has 0 aliphatic carbocycles. The van der Waals surface area contributed by atoms with E-state index in [1.54, 1.807) is 0 Å². The van der Waals surface area contributed by atoms with Crippen molar-refractivity contribution in [3.05, 3.63) is 10.4 Å². The van der Waals surface area contributed by atoms with Crippen molar-refractivity contribution in [2.75, 3.05) is 14.2 Å². The first-order valence-corrected chi connectivity index (χ1v) is 1.93. The molecular formula is C2H8N2O4. The summed E-state index contributed by atoms with van der Waals surface area (Å²) in [5, 5.41) is 18.2. The molecule has 2 unspecified atom stereocenters. The van der Waals surface area contributed by atoms with Crippen molar-refractivity contribution < 1.29 is 20.4 Å². The standard InChI is InChI=1S/C2H8N2O4/c1-3(5)8-4(6)7-2/h3-4H,1-2H3. The van der Waals surface area contributed by atoms with Crippen LogP contribution in [0.3, 0.4) is 0 Å². The lowest BCUT2D eigenvalue weighted by Gasteiger charge is -2.17. The van der Waals surface area contributed by atoms with Crippen LogP contribution in [0.4, 0.5) is 0 Å². The quantitative estimate of drug-likeness (QED) is 0.388. The molecule has 0 radical (unpaired) electrons. The maximum atomic E-state index is 9.96. The predicted molar refractivity (Wildman–Crippen MR) is 22.7 cm³/mol. The van der Waals surface area contributed by atoms with Gasteiger partial charge in [-0.05, 0) is 5.39 Å². The molecule has 0 saturated heterocycles. The van der Waals surface area contributed by atoms with Gasteiger partial charge in [0.2, 0.25) is 0 Å². The van der Waals surface area contributed by atoms with Crippen LogP contribution in [-0.2, 0) is 9.78 Å². The summed E-state index contributed by atoms with van der Waals surface area (Å²) in [4.78, 5) is 7.88. The molecular weight excluding hydrogens is 116 g/mol. The van der Waals surface area contributed by atoms with E-state index in [0.717, 1.165) is 14.2 Å². The minimum absolute atomic E-state index is 0.670. The van der Waals surface area contributed by atoms with Gasteiger partial charge >= 0.3 is 0 Å². The second-order valence-corrected chi connectivity index (χ2v) is 1.05. The summed E-state index contributed by atoms with van der Waals surface area (Å²) in [5.41, 5.74) is 0. The van der Waals surface area contributed by atoms with Gasteiger partial charge in [-0.2, -0.15) is 10.1 Å². The number of hydrogen-bond acceptors (Lipinski definition) is 4. The summed E-state index contributed by atoms with van der Waals surface area (Å²) in [5.74, 6) is 0. The Morgan fingerprint density at radius 2 is 1.88 bits per heavy atom. The van der Waals surface area contributed by atoms with Gasteiger partial charge in [-0.15, -0.1) is 0 Å². The highest BCUT2D eigenvalue weighted by molar-refractivity contribution is 3.81. The molecule has 0 aliphatic heterocycles. The molecule has 0 aromatic rings. The highest BCUT2D eigenvalue weighted by Crippen LogP contribution is 1.33. The normalized spacial score (nSPS) is 18.0. The van der Waals surface area contributed by atoms with Gasteiger partial charge in [-0.1, -0.05) is 0 Å². The van der Waals surface area contributed by atoms with E-state index < -0.39 is 10.6 Å². The maximum Gasteiger partial charge on any atom is 0.102 e. The molecule has 2 atom stereocenters. The first kappa shape index (κ1) is 7.76. The molecule has 50 valence electrons. The predicted octanol–water partition coefficient (Wildman–Crippen LogP) is -3.21. The smallest absolute Gasteiger partial charge is 0.102 e. The van der Waals surface area contributed by atoms with Gasteiger partial charge in [0.1, 0.15) is 14.2 Å². The monoisotopic (exact) mass is 124 g/mol. The Kier molecular flexibility index (Phi) is 3.61. The Morgan fingerprint density at radius 1 is 1.38 bits per heavy atom. The van der Waals surface area contributed by atoms with E-state index in [1.807, 2.05) is 0 Å². The SMILES string of the molecule is CO[NH+]([O-])O[NH+](C)[O-]. The lowest BCUT2D eigenvalue weighted by atomic mass is 11.5. The van der Waals surface area contributed by atoms with Gasteiger partial charge in [-0.25, -0.2) is 0 Å². The van der Waals surface area contributed by atoms with Crippen LogP contribution < -0.4 is 10.6 Å². The van der Waals surface area contributed by atoms with Gasteiger partial charge in [0.25, 0.3) is 0 Å². The Morgan fingerprint density at radius 3 is 2.00 bits per heavy atom. The van der Waals surface area contributed by atoms with Gasteiger partial charge in [0.05, 0.1) is 0 Å². The molecule has 0 heterocycles. The van der Waals surface area contributed by atoms with E-state index in [0.29, 0.717) is 0 Å². The molecule has 0 aliphatic rings. The molecule has 0 saturated carbocycles. The Labute approximate surface area is 46.2 Å². The summed E-state index contributed by atoms with van der Waals surface area (Å²) >= 11 is 0. The number of nitrogens with one attached hydrogen (secondary N) is 2. The third-order valence-electron chi connectivity index (χ3n) is 0.394. The van der Waals surface area contributed by atoms with Gasteiger partial charge in [-0.3, -0.25) is 0 Å². The zero-order valence-electron chi connectivity index (χ0n) is 4.63. The molecule has 6 heteroatoms. The van der Waals surface area contributed by atoms with Gasteiger partial charge < -0.3 is 10.4 Å². The van der Waals surface area contributed by atoms with Crippen LogP contribution in [0.2, 0.25) is 0 Å². The molecule has 0 bridgehead atoms. The summed E-state index contributed by atoms with van der Waals surface area (Å²) in [6.07, 6.45) is 0. The van der Waals surface area contributed by atoms with E-state index in [9.17, 15) is 10.4 Å². The van der Waals surface area contributed by atoms with Crippen LogP contribution in [0.1, 0.15) is 0 Å². The third kappa shape index (κ3) is 3.93. The Bertz CT molecular complexity index is 58.0. The van der Waals surface area contributed by atoms with E-state index in [1.165, 1.54) is 0 Å². The molecule has 8 heavy (non-hydrogen) atoms. The van der Waals surface area contributed by atoms with Crippen LogP contribution in [0.5, 0.6) is 0 Å². The molecule has 6 nitrogen and oxygen atoms in total. The Hall–Kier alpha value is -0.240. The largest absolute Gasteiger partial charge is 0.596 e. The van der Waals surface area contributed by atoms with E-state index in [-0.39, 0.29) is 0 Å². The average molecular weight is 124 g/mol. The lowest BCUT2D eigenvalue weighted by molar-refractivity contribution is -1.38. The Balaban J connectivity index is 3.10. The molecule has 0 aromatic carbocycles. The topological polar surface area (TPSA) is 73.5 Å². The van der Waals surface area contributed by atoms with Crippen molar-refractivity contribution in [3.8, 4) is 0 Å². The molecule has 0 aromatic heterocycles. The van der Waals surface area contributed by atoms with Crippen molar-refractivity contribution in [1.29, 1.82) is 0 Å². The first-order valence-electron chi connectivity index (χ1n) is 1.93. The van der Waals surface area contributed by atoms with Gasteiger partial charge in [0.15, 0.2) is 0 Å². The first-order chi connectivity index (χ1) is 3.66. The van der Waals surface area contributed by atoms with E-state index in [4.69, 9.17) is 0 Å². The molecule has 0 amide bonds. The molecule has 2 N–H and O–H groups in total. The second-order valence-electron chi connectivity index (χ2n) is 1.05. The van der Waals surface area contributed by atoms with Crippen molar-refractivity contribution in [2.45, 2.75) is 0 Å². The minimum atomic E-state index is -0.975. The fourth-order valence-electron chi connectivity index (χ4n) is 0.159. The molecule has 0 rings (SSSR count). The van der Waals surface area contributed by atoms with Crippen molar-refractivity contribution in [2.24, 2.45) is 0 Å². The van der Waals surface area contributed by atoms with Crippen LogP contribution in [0, 0.1) is 10.4 Å². The molecule has 0 spiro atoms. The van der Waals surface area contributed by atoms with E-state index in [2.05, 4.69) is 9.78 Å². The van der Waals surface area contributed by atoms with E-state index >= 15 is 0 Å². The minimum Gasteiger partial charge on any atom is -0.596 e.